The van der Waals surface area contributed by atoms with Crippen molar-refractivity contribution in [1.82, 2.24) is 8.75 Å². The zero-order valence-corrected chi connectivity index (χ0v) is 23.7. The molecule has 1 aliphatic heterocycles. The molecule has 1 aliphatic rings. The van der Waals surface area contributed by atoms with Gasteiger partial charge in [-0.05, 0) is 12.8 Å². The number of hydrogen-bond acceptors (Lipinski definition) is 7. The Bertz CT molecular complexity index is 666. The quantitative estimate of drug-likeness (QED) is 0.150. The zero-order valence-electron chi connectivity index (χ0n) is 22.9. The van der Waals surface area contributed by atoms with E-state index in [0.717, 1.165) is 56.5 Å². The summed E-state index contributed by atoms with van der Waals surface area (Å²) in [6.07, 6.45) is 11.5. The van der Waals surface area contributed by atoms with Crippen molar-refractivity contribution in [3.05, 3.63) is 11.8 Å². The summed E-state index contributed by atoms with van der Waals surface area (Å²) in [6.45, 7) is 15.4. The Morgan fingerprint density at radius 3 is 2.24 bits per heavy atom. The Morgan fingerprint density at radius 1 is 0.941 bits per heavy atom. The van der Waals surface area contributed by atoms with Gasteiger partial charge >= 0.3 is 6.16 Å². The molecule has 0 spiro atoms. The molecule has 0 saturated heterocycles. The van der Waals surface area contributed by atoms with Gasteiger partial charge in [0.25, 0.3) is 5.88 Å². The Kier molecular flexibility index (Phi) is 19.7. The third-order valence-corrected chi connectivity index (χ3v) is 5.83. The lowest BCUT2D eigenvalue weighted by Crippen LogP contribution is -2.49. The second-order valence-corrected chi connectivity index (χ2v) is 8.81. The highest BCUT2D eigenvalue weighted by molar-refractivity contribution is 6.99. The van der Waals surface area contributed by atoms with Crippen molar-refractivity contribution >= 4 is 23.5 Å². The van der Waals surface area contributed by atoms with Crippen LogP contribution < -0.4 is 4.74 Å². The maximum atomic E-state index is 11.9. The summed E-state index contributed by atoms with van der Waals surface area (Å²) in [5.74, 6) is 0.628. The van der Waals surface area contributed by atoms with E-state index in [2.05, 4.69) is 35.7 Å². The summed E-state index contributed by atoms with van der Waals surface area (Å²) < 4.78 is 25.9. The molecule has 0 saturated carbocycles. The number of carbonyl (C=O) groups excluding carboxylic acids is 1. The summed E-state index contributed by atoms with van der Waals surface area (Å²) in [6, 6.07) is 0. The molecule has 2 rings (SSSR count). The highest BCUT2D eigenvalue weighted by atomic mass is 32.1. The van der Waals surface area contributed by atoms with Gasteiger partial charge in [-0.15, -0.1) is 4.37 Å². The monoisotopic (exact) mass is 500 g/mol. The number of quaternary nitrogens is 1. The number of unbranched alkanes of at least 4 members (excludes halogenated alkanes) is 6. The number of nitrogens with zero attached hydrogens (tertiary/aromatic N) is 3. The molecular weight excluding hydrogens is 450 g/mol. The Balaban J connectivity index is 0.00000258. The van der Waals surface area contributed by atoms with Crippen molar-refractivity contribution in [3.8, 4) is 5.88 Å². The van der Waals surface area contributed by atoms with Crippen LogP contribution in [0.25, 0.3) is 5.57 Å². The van der Waals surface area contributed by atoms with Crippen molar-refractivity contribution in [2.75, 3.05) is 40.1 Å². The van der Waals surface area contributed by atoms with Gasteiger partial charge in [-0.1, -0.05) is 86.1 Å². The van der Waals surface area contributed by atoms with E-state index >= 15 is 0 Å². The van der Waals surface area contributed by atoms with Crippen LogP contribution >= 0.6 is 11.7 Å². The number of ether oxygens (including phenoxy) is 3. The van der Waals surface area contributed by atoms with Crippen molar-refractivity contribution in [1.29, 1.82) is 0 Å². The van der Waals surface area contributed by atoms with Gasteiger partial charge in [-0.2, -0.15) is 4.37 Å². The van der Waals surface area contributed by atoms with Crippen molar-refractivity contribution in [2.45, 2.75) is 99.3 Å². The van der Waals surface area contributed by atoms with Gasteiger partial charge in [0.05, 0.1) is 38.5 Å². The normalized spacial score (nSPS) is 16.9. The molecule has 7 nitrogen and oxygen atoms in total. The Morgan fingerprint density at radius 2 is 1.59 bits per heavy atom. The van der Waals surface area contributed by atoms with Gasteiger partial charge in [-0.25, -0.2) is 4.79 Å². The van der Waals surface area contributed by atoms with Gasteiger partial charge in [0.2, 0.25) is 6.73 Å². The maximum Gasteiger partial charge on any atom is 0.512 e. The van der Waals surface area contributed by atoms with Crippen LogP contribution in [-0.2, 0) is 9.47 Å². The molecule has 0 aromatic carbocycles. The van der Waals surface area contributed by atoms with Crippen LogP contribution in [0, 0.1) is 0 Å². The fourth-order valence-electron chi connectivity index (χ4n) is 3.49. The molecule has 0 bridgehead atoms. The Hall–Kier alpha value is -1.67. The van der Waals surface area contributed by atoms with E-state index in [1.807, 2.05) is 27.7 Å². The van der Waals surface area contributed by atoms with Crippen LogP contribution in [0.2, 0.25) is 0 Å². The minimum Gasteiger partial charge on any atom is -0.475 e. The number of likely N-dealkylation sites (N-methyl/N-ethyl adjacent to an activating group) is 1. The highest BCUT2D eigenvalue weighted by Gasteiger charge is 2.31. The fraction of sp³-hybridized carbons (Fsp3) is 0.808. The van der Waals surface area contributed by atoms with Gasteiger partial charge < -0.3 is 14.2 Å². The van der Waals surface area contributed by atoms with Crippen molar-refractivity contribution in [3.63, 3.8) is 0 Å². The first-order valence-electron chi connectivity index (χ1n) is 13.4. The van der Waals surface area contributed by atoms with Crippen LogP contribution in [0.1, 0.15) is 105 Å². The van der Waals surface area contributed by atoms with E-state index in [0.29, 0.717) is 23.6 Å². The molecular formula is C26H50N3O4S+. The zero-order chi connectivity index (χ0) is 25.7. The third kappa shape index (κ3) is 13.3. The number of rotatable bonds is 14. The minimum atomic E-state index is -0.576. The number of carbonyl (C=O) groups is 1. The molecule has 1 aromatic heterocycles. The molecule has 8 heteroatoms. The van der Waals surface area contributed by atoms with Gasteiger partial charge in [0.15, 0.2) is 0 Å². The minimum absolute atomic E-state index is 0.288. The van der Waals surface area contributed by atoms with Crippen LogP contribution in [0.5, 0.6) is 5.88 Å². The van der Waals surface area contributed by atoms with E-state index in [9.17, 15) is 4.79 Å². The standard InChI is InChI=1S/C22H38N3O4S.2C2H6/c1-4-6-8-10-15-27-21-20(23-30-24-21)19-13-12-14-25(3,17-19)18-29-22(26)28-16-11-9-7-5-2;2*1-2/h13H,4-12,14-18H2,1-3H3;2*1-2H3/q+1;;. The average Bonchev–Trinajstić information content (AvgIpc) is 3.34. The average molecular weight is 501 g/mol. The maximum absolute atomic E-state index is 11.9. The predicted octanol–water partition coefficient (Wildman–Crippen LogP) is 7.47. The van der Waals surface area contributed by atoms with E-state index in [1.165, 1.54) is 37.4 Å². The molecule has 2 heterocycles. The van der Waals surface area contributed by atoms with E-state index in [-0.39, 0.29) is 6.73 Å². The summed E-state index contributed by atoms with van der Waals surface area (Å²) >= 11 is 1.18. The van der Waals surface area contributed by atoms with Crippen LogP contribution in [0.3, 0.4) is 0 Å². The summed E-state index contributed by atoms with van der Waals surface area (Å²) in [5, 5.41) is 0. The summed E-state index contributed by atoms with van der Waals surface area (Å²) in [5.41, 5.74) is 1.94. The van der Waals surface area contributed by atoms with Gasteiger partial charge in [-0.3, -0.25) is 4.48 Å². The van der Waals surface area contributed by atoms with Crippen LogP contribution in [0.15, 0.2) is 6.08 Å². The van der Waals surface area contributed by atoms with Crippen LogP contribution in [0.4, 0.5) is 4.79 Å². The first-order valence-corrected chi connectivity index (χ1v) is 14.1. The van der Waals surface area contributed by atoms with Crippen molar-refractivity contribution < 1.29 is 23.5 Å². The molecule has 0 fully saturated rings. The molecule has 1 unspecified atom stereocenters. The Labute approximate surface area is 212 Å². The topological polar surface area (TPSA) is 70.5 Å². The molecule has 0 amide bonds. The second kappa shape index (κ2) is 20.7. The van der Waals surface area contributed by atoms with E-state index in [4.69, 9.17) is 14.2 Å². The highest BCUT2D eigenvalue weighted by Crippen LogP contribution is 2.30. The first kappa shape index (κ1) is 32.3. The van der Waals surface area contributed by atoms with Gasteiger partial charge in [0.1, 0.15) is 12.2 Å². The van der Waals surface area contributed by atoms with Crippen LogP contribution in [-0.4, -0.2) is 59.5 Å². The lowest BCUT2D eigenvalue weighted by atomic mass is 10.1. The summed E-state index contributed by atoms with van der Waals surface area (Å²) in [7, 11) is 2.09. The molecule has 0 N–H and O–H groups in total. The lowest BCUT2D eigenvalue weighted by Gasteiger charge is -2.36. The summed E-state index contributed by atoms with van der Waals surface area (Å²) in [4.78, 5) is 11.9. The first-order chi connectivity index (χ1) is 16.6. The predicted molar refractivity (Wildman–Crippen MR) is 142 cm³/mol. The molecule has 34 heavy (non-hydrogen) atoms. The third-order valence-electron chi connectivity index (χ3n) is 5.32. The van der Waals surface area contributed by atoms with Crippen molar-refractivity contribution in [2.24, 2.45) is 0 Å². The molecule has 0 radical (unpaired) electrons. The van der Waals surface area contributed by atoms with Gasteiger partial charge in [0, 0.05) is 12.0 Å². The fourth-order valence-corrected chi connectivity index (χ4v) is 4.02. The SMILES string of the molecule is CC.CC.CCCCCCOC(=O)OC[N+]1(C)CCC=C(c2nsnc2OCCCCCC)C1. The number of hydrogen-bond donors (Lipinski definition) is 0. The molecule has 0 aliphatic carbocycles. The second-order valence-electron chi connectivity index (χ2n) is 8.28. The molecule has 1 aromatic rings. The smallest absolute Gasteiger partial charge is 0.475 e. The molecule has 198 valence electrons. The largest absolute Gasteiger partial charge is 0.512 e. The molecule has 1 atom stereocenters. The van der Waals surface area contributed by atoms with E-state index < -0.39 is 6.16 Å². The number of aromatic nitrogens is 2. The lowest BCUT2D eigenvalue weighted by molar-refractivity contribution is -0.919. The van der Waals surface area contributed by atoms with E-state index in [1.54, 1.807) is 0 Å².